The summed E-state index contributed by atoms with van der Waals surface area (Å²) < 4.78 is 31.5. The van der Waals surface area contributed by atoms with Gasteiger partial charge in [0.05, 0.1) is 6.54 Å². The fraction of sp³-hybridized carbons (Fsp3) is 0.125. The van der Waals surface area contributed by atoms with E-state index in [4.69, 9.17) is 10.5 Å². The zero-order valence-corrected chi connectivity index (χ0v) is 10.7. The lowest BCUT2D eigenvalue weighted by molar-refractivity contribution is 0.302. The molecule has 2 N–H and O–H groups in total. The van der Waals surface area contributed by atoms with Gasteiger partial charge in [0.2, 0.25) is 0 Å². The van der Waals surface area contributed by atoms with Crippen molar-refractivity contribution in [1.29, 1.82) is 0 Å². The Balaban J connectivity index is 2.14. The molecule has 0 radical (unpaired) electrons. The molecular formula is C16H13F2NO. The number of benzene rings is 2. The van der Waals surface area contributed by atoms with Crippen LogP contribution in [0.2, 0.25) is 0 Å². The van der Waals surface area contributed by atoms with E-state index in [1.807, 2.05) is 24.3 Å². The molecule has 0 aromatic heterocycles. The average Bonchev–Trinajstić information content (AvgIpc) is 2.43. The smallest absolute Gasteiger partial charge is 0.129 e. The third-order valence-electron chi connectivity index (χ3n) is 2.57. The van der Waals surface area contributed by atoms with Crippen molar-refractivity contribution in [1.82, 2.24) is 0 Å². The van der Waals surface area contributed by atoms with Crippen LogP contribution in [0.15, 0.2) is 42.5 Å². The van der Waals surface area contributed by atoms with Crippen LogP contribution >= 0.6 is 0 Å². The lowest BCUT2D eigenvalue weighted by Gasteiger charge is -2.08. The van der Waals surface area contributed by atoms with Gasteiger partial charge in [0.15, 0.2) is 0 Å². The highest BCUT2D eigenvalue weighted by molar-refractivity contribution is 5.41. The Kier molecular flexibility index (Phi) is 4.70. The molecule has 0 aliphatic rings. The fourth-order valence-electron chi connectivity index (χ4n) is 1.69. The Morgan fingerprint density at radius 3 is 2.45 bits per heavy atom. The van der Waals surface area contributed by atoms with Crippen LogP contribution in [0.1, 0.15) is 11.1 Å². The molecule has 0 unspecified atom stereocenters. The summed E-state index contributed by atoms with van der Waals surface area (Å²) in [5.74, 6) is 4.49. The van der Waals surface area contributed by atoms with Gasteiger partial charge in [-0.05, 0) is 6.07 Å². The van der Waals surface area contributed by atoms with E-state index in [0.717, 1.165) is 29.3 Å². The quantitative estimate of drug-likeness (QED) is 0.873. The van der Waals surface area contributed by atoms with E-state index < -0.39 is 11.6 Å². The number of rotatable bonds is 3. The summed E-state index contributed by atoms with van der Waals surface area (Å²) in [7, 11) is 0. The molecule has 102 valence electrons. The van der Waals surface area contributed by atoms with Crippen molar-refractivity contribution in [3.63, 3.8) is 0 Å². The van der Waals surface area contributed by atoms with Gasteiger partial charge in [-0.25, -0.2) is 8.78 Å². The third kappa shape index (κ3) is 3.81. The molecule has 2 aromatic rings. The minimum absolute atomic E-state index is 0.143. The maximum atomic E-state index is 13.0. The Hall–Kier alpha value is -2.38. The molecule has 4 heteroatoms. The minimum atomic E-state index is -0.670. The minimum Gasteiger partial charge on any atom is -0.489 e. The van der Waals surface area contributed by atoms with Crippen molar-refractivity contribution in [3.05, 3.63) is 65.2 Å². The second-order valence-electron chi connectivity index (χ2n) is 4.06. The van der Waals surface area contributed by atoms with E-state index >= 15 is 0 Å². The molecule has 0 saturated carbocycles. The zero-order chi connectivity index (χ0) is 14.4. The highest BCUT2D eigenvalue weighted by atomic mass is 19.1. The van der Waals surface area contributed by atoms with Crippen LogP contribution in [0.3, 0.4) is 0 Å². The Labute approximate surface area is 116 Å². The Morgan fingerprint density at radius 1 is 1.05 bits per heavy atom. The molecule has 0 aliphatic carbocycles. The van der Waals surface area contributed by atoms with Crippen molar-refractivity contribution in [3.8, 4) is 17.6 Å². The molecule has 0 fully saturated rings. The third-order valence-corrected chi connectivity index (χ3v) is 2.57. The van der Waals surface area contributed by atoms with Gasteiger partial charge < -0.3 is 10.5 Å². The van der Waals surface area contributed by atoms with E-state index in [2.05, 4.69) is 11.8 Å². The van der Waals surface area contributed by atoms with Crippen LogP contribution in [0.25, 0.3) is 0 Å². The Bertz CT molecular complexity index is 639. The molecule has 0 spiro atoms. The van der Waals surface area contributed by atoms with Gasteiger partial charge in [-0.15, -0.1) is 0 Å². The van der Waals surface area contributed by atoms with Gasteiger partial charge in [0, 0.05) is 29.3 Å². The van der Waals surface area contributed by atoms with E-state index in [0.29, 0.717) is 0 Å². The SMILES string of the molecule is NCC#Cc1ccccc1COc1cc(F)cc(F)c1. The summed E-state index contributed by atoms with van der Waals surface area (Å²) in [6, 6.07) is 10.5. The number of nitrogens with two attached hydrogens (primary N) is 1. The Morgan fingerprint density at radius 2 is 1.75 bits per heavy atom. The summed E-state index contributed by atoms with van der Waals surface area (Å²) in [5.41, 5.74) is 6.96. The molecule has 0 atom stereocenters. The predicted molar refractivity (Wildman–Crippen MR) is 73.1 cm³/mol. The normalized spacial score (nSPS) is 9.75. The first-order valence-corrected chi connectivity index (χ1v) is 6.05. The first-order valence-electron chi connectivity index (χ1n) is 6.05. The lowest BCUT2D eigenvalue weighted by Crippen LogP contribution is -1.99. The summed E-state index contributed by atoms with van der Waals surface area (Å²) in [4.78, 5) is 0. The van der Waals surface area contributed by atoms with Gasteiger partial charge in [-0.1, -0.05) is 30.0 Å². The van der Waals surface area contributed by atoms with Gasteiger partial charge in [0.1, 0.15) is 24.0 Å². The number of hydrogen-bond acceptors (Lipinski definition) is 2. The molecular weight excluding hydrogens is 260 g/mol. The molecule has 0 bridgehead atoms. The highest BCUT2D eigenvalue weighted by Gasteiger charge is 2.04. The maximum absolute atomic E-state index is 13.0. The van der Waals surface area contributed by atoms with Crippen molar-refractivity contribution in [2.24, 2.45) is 5.73 Å². The molecule has 2 nitrogen and oxygen atoms in total. The van der Waals surface area contributed by atoms with Crippen molar-refractivity contribution >= 4 is 0 Å². The average molecular weight is 273 g/mol. The fourth-order valence-corrected chi connectivity index (χ4v) is 1.69. The number of halogens is 2. The monoisotopic (exact) mass is 273 g/mol. The first kappa shape index (κ1) is 14.0. The highest BCUT2D eigenvalue weighted by Crippen LogP contribution is 2.18. The number of ether oxygens (including phenoxy) is 1. The molecule has 0 saturated heterocycles. The van der Waals surface area contributed by atoms with Crippen LogP contribution in [0.4, 0.5) is 8.78 Å². The molecule has 0 heterocycles. The van der Waals surface area contributed by atoms with Crippen molar-refractivity contribution in [2.75, 3.05) is 6.54 Å². The summed E-state index contributed by atoms with van der Waals surface area (Å²) >= 11 is 0. The number of hydrogen-bond donors (Lipinski definition) is 1. The molecule has 0 amide bonds. The van der Waals surface area contributed by atoms with Gasteiger partial charge in [0.25, 0.3) is 0 Å². The zero-order valence-electron chi connectivity index (χ0n) is 10.7. The van der Waals surface area contributed by atoms with Crippen LogP contribution in [0, 0.1) is 23.5 Å². The van der Waals surface area contributed by atoms with Gasteiger partial charge in [-0.2, -0.15) is 0 Å². The van der Waals surface area contributed by atoms with Gasteiger partial charge >= 0.3 is 0 Å². The second-order valence-corrected chi connectivity index (χ2v) is 4.06. The summed E-state index contributed by atoms with van der Waals surface area (Å²) in [6.07, 6.45) is 0. The van der Waals surface area contributed by atoms with Crippen LogP contribution < -0.4 is 10.5 Å². The summed E-state index contributed by atoms with van der Waals surface area (Å²) in [6.45, 7) is 0.447. The topological polar surface area (TPSA) is 35.2 Å². The molecule has 2 rings (SSSR count). The largest absolute Gasteiger partial charge is 0.489 e. The van der Waals surface area contributed by atoms with E-state index in [1.54, 1.807) is 0 Å². The molecule has 20 heavy (non-hydrogen) atoms. The van der Waals surface area contributed by atoms with Crippen molar-refractivity contribution in [2.45, 2.75) is 6.61 Å². The van der Waals surface area contributed by atoms with Crippen LogP contribution in [-0.2, 0) is 6.61 Å². The van der Waals surface area contributed by atoms with Crippen LogP contribution in [-0.4, -0.2) is 6.54 Å². The van der Waals surface area contributed by atoms with Crippen LogP contribution in [0.5, 0.6) is 5.75 Å². The van der Waals surface area contributed by atoms with Crippen molar-refractivity contribution < 1.29 is 13.5 Å². The molecule has 0 aliphatic heterocycles. The first-order chi connectivity index (χ1) is 9.69. The van der Waals surface area contributed by atoms with E-state index in [9.17, 15) is 8.78 Å². The lowest BCUT2D eigenvalue weighted by atomic mass is 10.1. The van der Waals surface area contributed by atoms with E-state index in [1.165, 1.54) is 0 Å². The van der Waals surface area contributed by atoms with E-state index in [-0.39, 0.29) is 18.9 Å². The second kappa shape index (κ2) is 6.69. The summed E-state index contributed by atoms with van der Waals surface area (Å²) in [5, 5.41) is 0. The van der Waals surface area contributed by atoms with Gasteiger partial charge in [-0.3, -0.25) is 0 Å². The predicted octanol–water partition coefficient (Wildman–Crippen LogP) is 2.85. The molecule has 2 aromatic carbocycles. The maximum Gasteiger partial charge on any atom is 0.129 e. The standard InChI is InChI=1S/C16H13F2NO/c17-14-8-15(18)10-16(9-14)20-11-13-5-2-1-4-12(13)6-3-7-19/h1-2,4-5,8-10H,7,11,19H2.